The fourth-order valence-electron chi connectivity index (χ4n) is 2.00. The molecule has 0 radical (unpaired) electrons. The second-order valence-electron chi connectivity index (χ2n) is 4.68. The van der Waals surface area contributed by atoms with E-state index >= 15 is 0 Å². The Labute approximate surface area is 119 Å². The van der Waals surface area contributed by atoms with Crippen LogP contribution in [-0.4, -0.2) is 31.6 Å². The number of benzene rings is 1. The topological polar surface area (TPSA) is 67.4 Å². The smallest absolute Gasteiger partial charge is 0.338 e. The summed E-state index contributed by atoms with van der Waals surface area (Å²) >= 11 is 0. The molecule has 0 bridgehead atoms. The van der Waals surface area contributed by atoms with Crippen molar-refractivity contribution in [3.63, 3.8) is 0 Å². The molecule has 1 atom stereocenters. The monoisotopic (exact) mass is 278 g/mol. The van der Waals surface area contributed by atoms with Crippen LogP contribution in [-0.2, 0) is 9.53 Å². The highest BCUT2D eigenvalue weighted by Crippen LogP contribution is 2.20. The summed E-state index contributed by atoms with van der Waals surface area (Å²) < 4.78 is 4.71. The molecule has 0 saturated heterocycles. The number of hydrogen-bond donors (Lipinski definition) is 2. The van der Waals surface area contributed by atoms with Crippen LogP contribution in [0.3, 0.4) is 0 Å². The van der Waals surface area contributed by atoms with Gasteiger partial charge in [-0.3, -0.25) is 4.79 Å². The second kappa shape index (κ2) is 7.65. The van der Waals surface area contributed by atoms with Crippen molar-refractivity contribution in [1.82, 2.24) is 5.32 Å². The number of hydrogen-bond acceptors (Lipinski definition) is 4. The molecule has 20 heavy (non-hydrogen) atoms. The predicted molar refractivity (Wildman–Crippen MR) is 78.9 cm³/mol. The van der Waals surface area contributed by atoms with Crippen LogP contribution in [0, 0.1) is 6.92 Å². The Morgan fingerprint density at radius 3 is 2.65 bits per heavy atom. The summed E-state index contributed by atoms with van der Waals surface area (Å²) in [6.45, 7) is 6.57. The molecule has 110 valence electrons. The molecular weight excluding hydrogens is 256 g/mol. The maximum Gasteiger partial charge on any atom is 0.338 e. The average Bonchev–Trinajstić information content (AvgIpc) is 2.40. The third kappa shape index (κ3) is 4.35. The molecule has 1 unspecified atom stereocenters. The Morgan fingerprint density at radius 2 is 2.05 bits per heavy atom. The maximum atomic E-state index is 11.9. The van der Waals surface area contributed by atoms with E-state index in [1.165, 1.54) is 7.11 Å². The van der Waals surface area contributed by atoms with Crippen molar-refractivity contribution in [2.75, 3.05) is 19.0 Å². The lowest BCUT2D eigenvalue weighted by atomic mass is 10.1. The van der Waals surface area contributed by atoms with Gasteiger partial charge in [0.05, 0.1) is 12.7 Å². The summed E-state index contributed by atoms with van der Waals surface area (Å²) in [6.07, 6.45) is 0.385. The largest absolute Gasteiger partial charge is 0.465 e. The molecule has 0 spiro atoms. The first kappa shape index (κ1) is 16.2. The van der Waals surface area contributed by atoms with Gasteiger partial charge in [-0.15, -0.1) is 0 Å². The molecule has 1 rings (SSSR count). The highest BCUT2D eigenvalue weighted by Gasteiger charge is 2.14. The molecule has 1 aromatic rings. The van der Waals surface area contributed by atoms with Crippen molar-refractivity contribution in [3.8, 4) is 0 Å². The molecule has 0 aliphatic rings. The molecule has 0 aliphatic carbocycles. The van der Waals surface area contributed by atoms with Crippen molar-refractivity contribution < 1.29 is 14.3 Å². The van der Waals surface area contributed by atoms with Gasteiger partial charge in [-0.1, -0.05) is 13.0 Å². The van der Waals surface area contributed by atoms with Crippen LogP contribution >= 0.6 is 0 Å². The Bertz CT molecular complexity index is 486. The number of amides is 1. The van der Waals surface area contributed by atoms with Gasteiger partial charge in [0.15, 0.2) is 0 Å². The molecule has 2 N–H and O–H groups in total. The molecule has 0 heterocycles. The molecule has 5 nitrogen and oxygen atoms in total. The Balaban J connectivity index is 2.78. The number of rotatable bonds is 6. The lowest BCUT2D eigenvalue weighted by molar-refractivity contribution is -0.116. The number of methoxy groups -OCH3 is 1. The molecule has 1 aromatic carbocycles. The van der Waals surface area contributed by atoms with E-state index in [9.17, 15) is 9.59 Å². The van der Waals surface area contributed by atoms with Crippen molar-refractivity contribution >= 4 is 17.6 Å². The SMILES string of the molecule is CCNC(C)CC(=O)Nc1cccc(C(=O)OC)c1C. The van der Waals surface area contributed by atoms with Gasteiger partial charge in [-0.25, -0.2) is 4.79 Å². The molecule has 0 saturated carbocycles. The predicted octanol–water partition coefficient (Wildman–Crippen LogP) is 2.11. The number of nitrogens with one attached hydrogen (secondary N) is 2. The fraction of sp³-hybridized carbons (Fsp3) is 0.467. The first-order valence-corrected chi connectivity index (χ1v) is 6.70. The lowest BCUT2D eigenvalue weighted by Crippen LogP contribution is -2.30. The molecule has 5 heteroatoms. The van der Waals surface area contributed by atoms with Gasteiger partial charge >= 0.3 is 5.97 Å². The number of anilines is 1. The minimum Gasteiger partial charge on any atom is -0.465 e. The van der Waals surface area contributed by atoms with E-state index in [2.05, 4.69) is 10.6 Å². The summed E-state index contributed by atoms with van der Waals surface area (Å²) in [5.74, 6) is -0.483. The van der Waals surface area contributed by atoms with Crippen molar-refractivity contribution in [2.24, 2.45) is 0 Å². The third-order valence-corrected chi connectivity index (χ3v) is 3.06. The van der Waals surface area contributed by atoms with E-state index < -0.39 is 5.97 Å². The van der Waals surface area contributed by atoms with E-state index in [0.717, 1.165) is 6.54 Å². The quantitative estimate of drug-likeness (QED) is 0.782. The molecule has 0 aliphatic heterocycles. The van der Waals surface area contributed by atoms with Crippen LogP contribution in [0.1, 0.15) is 36.2 Å². The first-order valence-electron chi connectivity index (χ1n) is 6.70. The fourth-order valence-corrected chi connectivity index (χ4v) is 2.00. The summed E-state index contributed by atoms with van der Waals surface area (Å²) in [6, 6.07) is 5.29. The lowest BCUT2D eigenvalue weighted by Gasteiger charge is -2.14. The van der Waals surface area contributed by atoms with Gasteiger partial charge in [-0.05, 0) is 38.1 Å². The highest BCUT2D eigenvalue weighted by atomic mass is 16.5. The van der Waals surface area contributed by atoms with E-state index in [4.69, 9.17) is 4.74 Å². The van der Waals surface area contributed by atoms with Crippen LogP contribution in [0.5, 0.6) is 0 Å². The molecule has 0 aromatic heterocycles. The van der Waals surface area contributed by atoms with Crippen LogP contribution in [0.2, 0.25) is 0 Å². The van der Waals surface area contributed by atoms with Crippen LogP contribution in [0.4, 0.5) is 5.69 Å². The number of carbonyl (C=O) groups is 2. The Morgan fingerprint density at radius 1 is 1.35 bits per heavy atom. The third-order valence-electron chi connectivity index (χ3n) is 3.06. The van der Waals surface area contributed by atoms with Crippen molar-refractivity contribution in [3.05, 3.63) is 29.3 Å². The number of ether oxygens (including phenoxy) is 1. The van der Waals surface area contributed by atoms with Crippen molar-refractivity contribution in [1.29, 1.82) is 0 Å². The zero-order chi connectivity index (χ0) is 15.1. The minimum atomic E-state index is -0.403. The van der Waals surface area contributed by atoms with Gasteiger partial charge in [0, 0.05) is 18.2 Å². The van der Waals surface area contributed by atoms with E-state index in [1.807, 2.05) is 13.8 Å². The van der Waals surface area contributed by atoms with E-state index in [1.54, 1.807) is 25.1 Å². The van der Waals surface area contributed by atoms with Gasteiger partial charge in [-0.2, -0.15) is 0 Å². The maximum absolute atomic E-state index is 11.9. The zero-order valence-electron chi connectivity index (χ0n) is 12.4. The summed E-state index contributed by atoms with van der Waals surface area (Å²) in [7, 11) is 1.34. The van der Waals surface area contributed by atoms with E-state index in [-0.39, 0.29) is 11.9 Å². The summed E-state index contributed by atoms with van der Waals surface area (Å²) in [5.41, 5.74) is 1.82. The van der Waals surface area contributed by atoms with E-state index in [0.29, 0.717) is 23.2 Å². The Hall–Kier alpha value is -1.88. The number of carbonyl (C=O) groups excluding carboxylic acids is 2. The average molecular weight is 278 g/mol. The number of esters is 1. The summed E-state index contributed by atoms with van der Waals surface area (Å²) in [5, 5.41) is 6.01. The normalized spacial score (nSPS) is 11.8. The van der Waals surface area contributed by atoms with Crippen LogP contribution < -0.4 is 10.6 Å². The summed E-state index contributed by atoms with van der Waals surface area (Å²) in [4.78, 5) is 23.5. The zero-order valence-corrected chi connectivity index (χ0v) is 12.4. The minimum absolute atomic E-state index is 0.0800. The van der Waals surface area contributed by atoms with Crippen LogP contribution in [0.15, 0.2) is 18.2 Å². The van der Waals surface area contributed by atoms with Gasteiger partial charge in [0.25, 0.3) is 0 Å². The first-order chi connectivity index (χ1) is 9.49. The molecule has 1 amide bonds. The van der Waals surface area contributed by atoms with Gasteiger partial charge in [0.2, 0.25) is 5.91 Å². The van der Waals surface area contributed by atoms with Crippen molar-refractivity contribution in [2.45, 2.75) is 33.2 Å². The second-order valence-corrected chi connectivity index (χ2v) is 4.68. The van der Waals surface area contributed by atoms with Crippen LogP contribution in [0.25, 0.3) is 0 Å². The highest BCUT2D eigenvalue weighted by molar-refractivity contribution is 5.96. The molecular formula is C15H22N2O3. The molecule has 0 fully saturated rings. The van der Waals surface area contributed by atoms with Gasteiger partial charge < -0.3 is 15.4 Å². The standard InChI is InChI=1S/C15H22N2O3/c1-5-16-10(2)9-14(18)17-13-8-6-7-12(11(13)3)15(19)20-4/h6-8,10,16H,5,9H2,1-4H3,(H,17,18). The Kier molecular flexibility index (Phi) is 6.18. The van der Waals surface area contributed by atoms with Gasteiger partial charge in [0.1, 0.15) is 0 Å².